The summed E-state index contributed by atoms with van der Waals surface area (Å²) in [5.41, 5.74) is 1.84. The predicted molar refractivity (Wildman–Crippen MR) is 84.7 cm³/mol. The first-order valence-corrected chi connectivity index (χ1v) is 7.26. The maximum absolute atomic E-state index is 11.9. The Morgan fingerprint density at radius 3 is 2.57 bits per heavy atom. The molecule has 0 aliphatic heterocycles. The zero-order chi connectivity index (χ0) is 16.8. The molecule has 1 aromatic carbocycles. The number of rotatable bonds is 6. The minimum absolute atomic E-state index is 0.0868. The van der Waals surface area contributed by atoms with Gasteiger partial charge in [0.05, 0.1) is 18.3 Å². The summed E-state index contributed by atoms with van der Waals surface area (Å²) in [4.78, 5) is 23.7. The molecule has 1 atom stereocenters. The SMILES string of the molecule is Cc1cc(C(=O)NCC(=O)NCC(O)c2ccccc2)n(C)n1. The monoisotopic (exact) mass is 316 g/mol. The number of carbonyl (C=O) groups is 2. The van der Waals surface area contributed by atoms with Crippen molar-refractivity contribution in [1.82, 2.24) is 20.4 Å². The lowest BCUT2D eigenvalue weighted by molar-refractivity contribution is -0.120. The fourth-order valence-corrected chi connectivity index (χ4v) is 2.14. The van der Waals surface area contributed by atoms with Crippen molar-refractivity contribution >= 4 is 11.8 Å². The summed E-state index contributed by atoms with van der Waals surface area (Å²) < 4.78 is 1.46. The van der Waals surface area contributed by atoms with Crippen molar-refractivity contribution in [2.75, 3.05) is 13.1 Å². The lowest BCUT2D eigenvalue weighted by Crippen LogP contribution is -2.39. The summed E-state index contributed by atoms with van der Waals surface area (Å²) in [5, 5.41) is 19.1. The number of hydrogen-bond acceptors (Lipinski definition) is 4. The molecule has 0 spiro atoms. The van der Waals surface area contributed by atoms with Crippen LogP contribution in [0.15, 0.2) is 36.4 Å². The van der Waals surface area contributed by atoms with Gasteiger partial charge in [-0.25, -0.2) is 0 Å². The summed E-state index contributed by atoms with van der Waals surface area (Å²) in [7, 11) is 1.66. The molecular weight excluding hydrogens is 296 g/mol. The van der Waals surface area contributed by atoms with E-state index in [0.717, 1.165) is 11.3 Å². The topological polar surface area (TPSA) is 96.3 Å². The van der Waals surface area contributed by atoms with Crippen LogP contribution in [-0.2, 0) is 11.8 Å². The Balaban J connectivity index is 1.77. The molecule has 1 unspecified atom stereocenters. The maximum Gasteiger partial charge on any atom is 0.269 e. The lowest BCUT2D eigenvalue weighted by atomic mass is 10.1. The minimum Gasteiger partial charge on any atom is -0.387 e. The molecule has 2 aromatic rings. The highest BCUT2D eigenvalue weighted by atomic mass is 16.3. The first-order valence-electron chi connectivity index (χ1n) is 7.26. The van der Waals surface area contributed by atoms with Gasteiger partial charge in [-0.2, -0.15) is 5.10 Å². The number of carbonyl (C=O) groups excluding carboxylic acids is 2. The molecule has 0 saturated heterocycles. The zero-order valence-corrected chi connectivity index (χ0v) is 13.1. The Morgan fingerprint density at radius 1 is 1.26 bits per heavy atom. The lowest BCUT2D eigenvalue weighted by Gasteiger charge is -2.12. The fourth-order valence-electron chi connectivity index (χ4n) is 2.14. The second kappa shape index (κ2) is 7.55. The Labute approximate surface area is 134 Å². The number of amides is 2. The van der Waals surface area contributed by atoms with Gasteiger partial charge in [-0.1, -0.05) is 30.3 Å². The van der Waals surface area contributed by atoms with Crippen LogP contribution in [0, 0.1) is 6.92 Å². The van der Waals surface area contributed by atoms with E-state index in [1.54, 1.807) is 32.2 Å². The van der Waals surface area contributed by atoms with Gasteiger partial charge in [-0.3, -0.25) is 14.3 Å². The number of aliphatic hydroxyl groups excluding tert-OH is 1. The smallest absolute Gasteiger partial charge is 0.269 e. The summed E-state index contributed by atoms with van der Waals surface area (Å²) in [5.74, 6) is -0.737. The highest BCUT2D eigenvalue weighted by Gasteiger charge is 2.13. The molecule has 0 fully saturated rings. The minimum atomic E-state index is -0.782. The molecule has 0 aliphatic carbocycles. The predicted octanol–water partition coefficient (Wildman–Crippen LogP) is 0.308. The largest absolute Gasteiger partial charge is 0.387 e. The molecule has 7 heteroatoms. The molecule has 1 aromatic heterocycles. The first-order chi connectivity index (χ1) is 11.0. The van der Waals surface area contributed by atoms with Crippen LogP contribution in [0.1, 0.15) is 27.8 Å². The Hall–Kier alpha value is -2.67. The van der Waals surface area contributed by atoms with E-state index >= 15 is 0 Å². The standard InChI is InChI=1S/C16H20N4O3/c1-11-8-13(20(2)19-11)16(23)18-10-15(22)17-9-14(21)12-6-4-3-5-7-12/h3-8,14,21H,9-10H2,1-2H3,(H,17,22)(H,18,23). The zero-order valence-electron chi connectivity index (χ0n) is 13.1. The molecule has 0 bridgehead atoms. The van der Waals surface area contributed by atoms with Gasteiger partial charge in [0.15, 0.2) is 0 Å². The molecule has 23 heavy (non-hydrogen) atoms. The van der Waals surface area contributed by atoms with Crippen LogP contribution in [-0.4, -0.2) is 39.8 Å². The highest BCUT2D eigenvalue weighted by molar-refractivity contribution is 5.95. The molecule has 2 amide bonds. The molecule has 0 saturated carbocycles. The van der Waals surface area contributed by atoms with Gasteiger partial charge in [0.25, 0.3) is 5.91 Å². The van der Waals surface area contributed by atoms with Crippen molar-refractivity contribution in [1.29, 1.82) is 0 Å². The number of nitrogens with zero attached hydrogens (tertiary/aromatic N) is 2. The molecule has 1 heterocycles. The van der Waals surface area contributed by atoms with E-state index in [1.165, 1.54) is 4.68 Å². The van der Waals surface area contributed by atoms with E-state index in [4.69, 9.17) is 0 Å². The van der Waals surface area contributed by atoms with Gasteiger partial charge < -0.3 is 15.7 Å². The van der Waals surface area contributed by atoms with Crippen LogP contribution in [0.2, 0.25) is 0 Å². The molecule has 0 aliphatic rings. The molecular formula is C16H20N4O3. The second-order valence-corrected chi connectivity index (χ2v) is 5.21. The van der Waals surface area contributed by atoms with Gasteiger partial charge >= 0.3 is 0 Å². The van der Waals surface area contributed by atoms with Crippen LogP contribution in [0.4, 0.5) is 0 Å². The molecule has 7 nitrogen and oxygen atoms in total. The van der Waals surface area contributed by atoms with Crippen molar-refractivity contribution in [2.45, 2.75) is 13.0 Å². The van der Waals surface area contributed by atoms with E-state index in [2.05, 4.69) is 15.7 Å². The van der Waals surface area contributed by atoms with E-state index in [-0.39, 0.29) is 24.9 Å². The highest BCUT2D eigenvalue weighted by Crippen LogP contribution is 2.10. The third-order valence-corrected chi connectivity index (χ3v) is 3.32. The average molecular weight is 316 g/mol. The average Bonchev–Trinajstić information content (AvgIpc) is 2.89. The number of nitrogens with one attached hydrogen (secondary N) is 2. The number of aliphatic hydroxyl groups is 1. The number of aromatic nitrogens is 2. The summed E-state index contributed by atoms with van der Waals surface area (Å²) in [6.45, 7) is 1.71. The number of hydrogen-bond donors (Lipinski definition) is 3. The third kappa shape index (κ3) is 4.65. The molecule has 122 valence electrons. The van der Waals surface area contributed by atoms with E-state index in [0.29, 0.717) is 5.69 Å². The second-order valence-electron chi connectivity index (χ2n) is 5.21. The first kappa shape index (κ1) is 16.7. The maximum atomic E-state index is 11.9. The summed E-state index contributed by atoms with van der Waals surface area (Å²) in [6.07, 6.45) is -0.782. The van der Waals surface area contributed by atoms with Crippen molar-refractivity contribution in [2.24, 2.45) is 7.05 Å². The summed E-state index contributed by atoms with van der Waals surface area (Å²) >= 11 is 0. The van der Waals surface area contributed by atoms with Gasteiger partial charge in [-0.05, 0) is 18.6 Å². The van der Waals surface area contributed by atoms with Crippen molar-refractivity contribution in [3.63, 3.8) is 0 Å². The quantitative estimate of drug-likeness (QED) is 0.714. The number of benzene rings is 1. The van der Waals surface area contributed by atoms with Crippen molar-refractivity contribution < 1.29 is 14.7 Å². The molecule has 0 radical (unpaired) electrons. The third-order valence-electron chi connectivity index (χ3n) is 3.32. The van der Waals surface area contributed by atoms with Crippen LogP contribution < -0.4 is 10.6 Å². The van der Waals surface area contributed by atoms with Crippen LogP contribution in [0.3, 0.4) is 0 Å². The molecule has 2 rings (SSSR count). The fraction of sp³-hybridized carbons (Fsp3) is 0.312. The Morgan fingerprint density at radius 2 is 1.96 bits per heavy atom. The van der Waals surface area contributed by atoms with Crippen LogP contribution in [0.25, 0.3) is 0 Å². The van der Waals surface area contributed by atoms with Crippen LogP contribution >= 0.6 is 0 Å². The Bertz CT molecular complexity index is 682. The van der Waals surface area contributed by atoms with Crippen LogP contribution in [0.5, 0.6) is 0 Å². The van der Waals surface area contributed by atoms with E-state index in [1.807, 2.05) is 18.2 Å². The Kier molecular flexibility index (Phi) is 5.48. The van der Waals surface area contributed by atoms with Gasteiger partial charge in [-0.15, -0.1) is 0 Å². The van der Waals surface area contributed by atoms with Gasteiger partial charge in [0.1, 0.15) is 5.69 Å². The van der Waals surface area contributed by atoms with E-state index < -0.39 is 6.10 Å². The van der Waals surface area contributed by atoms with Gasteiger partial charge in [0.2, 0.25) is 5.91 Å². The normalized spacial score (nSPS) is 11.8. The van der Waals surface area contributed by atoms with Crippen molar-refractivity contribution in [3.8, 4) is 0 Å². The van der Waals surface area contributed by atoms with Gasteiger partial charge in [0, 0.05) is 13.6 Å². The summed E-state index contributed by atoms with van der Waals surface area (Å²) in [6, 6.07) is 10.7. The molecule has 3 N–H and O–H groups in total. The number of aryl methyl sites for hydroxylation is 2. The van der Waals surface area contributed by atoms with E-state index in [9.17, 15) is 14.7 Å². The van der Waals surface area contributed by atoms with Crippen molar-refractivity contribution in [3.05, 3.63) is 53.3 Å².